The number of fused-ring (bicyclic) bond motifs is 1. The van der Waals surface area contributed by atoms with Crippen LogP contribution in [-0.2, 0) is 14.4 Å². The van der Waals surface area contributed by atoms with Crippen molar-refractivity contribution in [2.75, 3.05) is 22.1 Å². The highest BCUT2D eigenvalue weighted by Crippen LogP contribution is 2.29. The number of thiazole rings is 1. The van der Waals surface area contributed by atoms with Crippen LogP contribution in [0.15, 0.2) is 53.9 Å². The molecular formula is C22H20N4O3S. The highest BCUT2D eigenvalue weighted by molar-refractivity contribution is 7.14. The van der Waals surface area contributed by atoms with Crippen LogP contribution in [0.5, 0.6) is 0 Å². The highest BCUT2D eigenvalue weighted by atomic mass is 32.1. The largest absolute Gasteiger partial charge is 0.323 e. The van der Waals surface area contributed by atoms with Crippen LogP contribution < -0.4 is 15.5 Å². The number of carbonyl (C=O) groups is 3. The Labute approximate surface area is 177 Å². The summed E-state index contributed by atoms with van der Waals surface area (Å²) in [5.41, 5.74) is 4.18. The van der Waals surface area contributed by atoms with Crippen LogP contribution in [0.1, 0.15) is 18.4 Å². The maximum absolute atomic E-state index is 12.6. The summed E-state index contributed by atoms with van der Waals surface area (Å²) in [6.07, 6.45) is 0.0161. The number of hydrogen-bond donors (Lipinski definition) is 2. The van der Waals surface area contributed by atoms with Gasteiger partial charge in [-0.05, 0) is 19.1 Å². The Morgan fingerprint density at radius 2 is 1.90 bits per heavy atom. The molecule has 3 aromatic rings. The number of rotatable bonds is 5. The number of nitrogens with zero attached hydrogens (tertiary/aromatic N) is 2. The summed E-state index contributed by atoms with van der Waals surface area (Å²) in [4.78, 5) is 42.7. The fraction of sp³-hybridized carbons (Fsp3) is 0.182. The third-order valence-electron chi connectivity index (χ3n) is 4.74. The molecule has 7 nitrogen and oxygen atoms in total. The van der Waals surface area contributed by atoms with Crippen LogP contribution in [0.25, 0.3) is 11.3 Å². The van der Waals surface area contributed by atoms with E-state index in [-0.39, 0.29) is 37.1 Å². The molecule has 0 spiro atoms. The third kappa shape index (κ3) is 4.38. The van der Waals surface area contributed by atoms with Crippen LogP contribution >= 0.6 is 11.3 Å². The fourth-order valence-electron chi connectivity index (χ4n) is 3.18. The molecule has 8 heteroatoms. The highest BCUT2D eigenvalue weighted by Gasteiger charge is 2.26. The van der Waals surface area contributed by atoms with Crippen LogP contribution in [0.2, 0.25) is 0 Å². The summed E-state index contributed by atoms with van der Waals surface area (Å²) in [5.74, 6) is -0.812. The lowest BCUT2D eigenvalue weighted by Crippen LogP contribution is -2.42. The van der Waals surface area contributed by atoms with E-state index in [0.29, 0.717) is 16.5 Å². The molecule has 0 atom stereocenters. The molecule has 2 aromatic carbocycles. The van der Waals surface area contributed by atoms with Crippen molar-refractivity contribution in [1.82, 2.24) is 4.98 Å². The Balaban J connectivity index is 1.35. The van der Waals surface area contributed by atoms with E-state index in [1.54, 1.807) is 24.3 Å². The summed E-state index contributed by atoms with van der Waals surface area (Å²) in [7, 11) is 0. The van der Waals surface area contributed by atoms with Gasteiger partial charge in [0.05, 0.1) is 17.1 Å². The lowest BCUT2D eigenvalue weighted by atomic mass is 10.1. The molecule has 1 aliphatic rings. The number of amides is 3. The molecule has 30 heavy (non-hydrogen) atoms. The van der Waals surface area contributed by atoms with Crippen LogP contribution in [-0.4, -0.2) is 29.3 Å². The molecule has 152 valence electrons. The van der Waals surface area contributed by atoms with E-state index in [9.17, 15) is 14.4 Å². The fourth-order valence-corrected chi connectivity index (χ4v) is 3.92. The van der Waals surface area contributed by atoms with Crippen molar-refractivity contribution in [3.8, 4) is 11.3 Å². The van der Waals surface area contributed by atoms with Gasteiger partial charge < -0.3 is 15.5 Å². The lowest BCUT2D eigenvalue weighted by molar-refractivity contribution is -0.124. The van der Waals surface area contributed by atoms with Crippen molar-refractivity contribution < 1.29 is 14.4 Å². The second-order valence-corrected chi connectivity index (χ2v) is 7.86. The normalized spacial score (nSPS) is 12.8. The molecular weight excluding hydrogens is 400 g/mol. The Morgan fingerprint density at radius 1 is 1.13 bits per heavy atom. The molecule has 1 aromatic heterocycles. The quantitative estimate of drug-likeness (QED) is 0.656. The summed E-state index contributed by atoms with van der Waals surface area (Å²) in [6.45, 7) is 1.97. The number of benzene rings is 2. The van der Waals surface area contributed by atoms with Gasteiger partial charge in [-0.1, -0.05) is 42.0 Å². The van der Waals surface area contributed by atoms with Crippen molar-refractivity contribution in [3.05, 3.63) is 59.5 Å². The van der Waals surface area contributed by atoms with E-state index >= 15 is 0 Å². The summed E-state index contributed by atoms with van der Waals surface area (Å²) < 4.78 is 0. The topological polar surface area (TPSA) is 91.4 Å². The molecule has 0 saturated carbocycles. The van der Waals surface area contributed by atoms with Gasteiger partial charge in [0.1, 0.15) is 6.54 Å². The average Bonchev–Trinajstić information content (AvgIpc) is 3.20. The molecule has 0 unspecified atom stereocenters. The van der Waals surface area contributed by atoms with E-state index in [1.165, 1.54) is 21.8 Å². The zero-order valence-electron chi connectivity index (χ0n) is 16.3. The summed E-state index contributed by atoms with van der Waals surface area (Å²) >= 11 is 1.34. The van der Waals surface area contributed by atoms with E-state index in [0.717, 1.165) is 11.3 Å². The minimum absolute atomic E-state index is 0.00361. The van der Waals surface area contributed by atoms with E-state index in [1.807, 2.05) is 36.6 Å². The SMILES string of the molecule is Cc1ccc(-c2csc(NC(=O)CCC(=O)N3CC(=O)Nc4ccccc43)n2)cc1. The molecule has 0 bridgehead atoms. The Morgan fingerprint density at radius 3 is 2.70 bits per heavy atom. The molecule has 3 amide bonds. The van der Waals surface area contributed by atoms with Crippen molar-refractivity contribution in [2.24, 2.45) is 0 Å². The lowest BCUT2D eigenvalue weighted by Gasteiger charge is -2.29. The standard InChI is InChI=1S/C22H20N4O3S/c1-14-6-8-15(9-7-14)17-13-30-22(24-17)25-19(27)10-11-21(29)26-12-20(28)23-16-4-2-3-5-18(16)26/h2-9,13H,10-12H2,1H3,(H,23,28)(H,24,25,27). The molecule has 0 aliphatic carbocycles. The van der Waals surface area contributed by atoms with Crippen molar-refractivity contribution in [1.29, 1.82) is 0 Å². The van der Waals surface area contributed by atoms with Crippen molar-refractivity contribution in [2.45, 2.75) is 19.8 Å². The first kappa shape index (κ1) is 19.8. The van der Waals surface area contributed by atoms with Crippen LogP contribution in [0.4, 0.5) is 16.5 Å². The Bertz CT molecular complexity index is 1110. The van der Waals surface area contributed by atoms with Gasteiger partial charge in [-0.3, -0.25) is 14.4 Å². The van der Waals surface area contributed by atoms with Gasteiger partial charge in [0.2, 0.25) is 17.7 Å². The van der Waals surface area contributed by atoms with Crippen molar-refractivity contribution in [3.63, 3.8) is 0 Å². The van der Waals surface area contributed by atoms with Gasteiger partial charge in [-0.15, -0.1) is 11.3 Å². The monoisotopic (exact) mass is 420 g/mol. The minimum Gasteiger partial charge on any atom is -0.323 e. The number of carbonyl (C=O) groups excluding carboxylic acids is 3. The molecule has 2 heterocycles. The molecule has 0 fully saturated rings. The number of aromatic nitrogens is 1. The maximum atomic E-state index is 12.6. The predicted molar refractivity (Wildman–Crippen MR) is 118 cm³/mol. The number of aryl methyl sites for hydroxylation is 1. The summed E-state index contributed by atoms with van der Waals surface area (Å²) in [5, 5.41) is 7.87. The average molecular weight is 420 g/mol. The van der Waals surface area contributed by atoms with E-state index in [4.69, 9.17) is 0 Å². The van der Waals surface area contributed by atoms with Gasteiger partial charge in [0.15, 0.2) is 5.13 Å². The van der Waals surface area contributed by atoms with Gasteiger partial charge in [0.25, 0.3) is 0 Å². The number of para-hydroxylation sites is 2. The zero-order chi connectivity index (χ0) is 21.1. The first-order valence-corrected chi connectivity index (χ1v) is 10.4. The third-order valence-corrected chi connectivity index (χ3v) is 5.49. The van der Waals surface area contributed by atoms with Crippen LogP contribution in [0.3, 0.4) is 0 Å². The van der Waals surface area contributed by atoms with Crippen LogP contribution in [0, 0.1) is 6.92 Å². The molecule has 2 N–H and O–H groups in total. The maximum Gasteiger partial charge on any atom is 0.244 e. The van der Waals surface area contributed by atoms with Gasteiger partial charge >= 0.3 is 0 Å². The van der Waals surface area contributed by atoms with E-state index < -0.39 is 0 Å². The minimum atomic E-state index is -0.289. The first-order chi connectivity index (χ1) is 14.5. The molecule has 0 radical (unpaired) electrons. The smallest absolute Gasteiger partial charge is 0.244 e. The second kappa shape index (κ2) is 8.46. The number of nitrogens with one attached hydrogen (secondary N) is 2. The van der Waals surface area contributed by atoms with Gasteiger partial charge in [-0.2, -0.15) is 0 Å². The molecule has 4 rings (SSSR count). The Kier molecular flexibility index (Phi) is 5.58. The van der Waals surface area contributed by atoms with Crippen molar-refractivity contribution >= 4 is 45.6 Å². The summed E-state index contributed by atoms with van der Waals surface area (Å²) in [6, 6.07) is 15.1. The molecule has 1 aliphatic heterocycles. The van der Waals surface area contributed by atoms with E-state index in [2.05, 4.69) is 15.6 Å². The second-order valence-electron chi connectivity index (χ2n) is 7.00. The van der Waals surface area contributed by atoms with Gasteiger partial charge in [-0.25, -0.2) is 4.98 Å². The first-order valence-electron chi connectivity index (χ1n) is 9.51. The van der Waals surface area contributed by atoms with Gasteiger partial charge in [0, 0.05) is 23.8 Å². The Hall–Kier alpha value is -3.52. The predicted octanol–water partition coefficient (Wildman–Crippen LogP) is 3.82. The number of anilines is 3. The number of hydrogen-bond acceptors (Lipinski definition) is 5. The molecule has 0 saturated heterocycles. The zero-order valence-corrected chi connectivity index (χ0v) is 17.2.